The molecule has 0 amide bonds. The summed E-state index contributed by atoms with van der Waals surface area (Å²) in [5, 5.41) is 0. The van der Waals surface area contributed by atoms with Crippen molar-refractivity contribution < 1.29 is 0 Å². The Morgan fingerprint density at radius 1 is 1.25 bits per heavy atom. The van der Waals surface area contributed by atoms with Crippen molar-refractivity contribution >= 4 is 22.6 Å². The Balaban J connectivity index is 0. The van der Waals surface area contributed by atoms with E-state index in [0.717, 1.165) is 0 Å². The Bertz CT molecular complexity index is 6.00. The second-order valence-electron chi connectivity index (χ2n) is 0. The van der Waals surface area contributed by atoms with E-state index in [2.05, 4.69) is 28.3 Å². The van der Waals surface area contributed by atoms with Gasteiger partial charge in [0.15, 0.2) is 0 Å². The van der Waals surface area contributed by atoms with Gasteiger partial charge in [-0.25, -0.2) is 0 Å². The molecule has 0 aromatic rings. The molecule has 2 N–H and O–H groups in total. The molecule has 0 heterocycles. The lowest BCUT2D eigenvalue weighted by Gasteiger charge is -1.19. The minimum atomic E-state index is 1.50. The summed E-state index contributed by atoms with van der Waals surface area (Å²) in [6.45, 7) is 0. The Kier molecular flexibility index (Phi) is 124. The number of rotatable bonds is 0. The number of alkyl halides is 1. The SMILES string of the molecule is CI.CN. The highest BCUT2D eigenvalue weighted by Gasteiger charge is 0.950. The second kappa shape index (κ2) is 56.1. The Morgan fingerprint density at radius 3 is 1.25 bits per heavy atom. The fourth-order valence-corrected chi connectivity index (χ4v) is 0. The third-order valence-corrected chi connectivity index (χ3v) is 0. The maximum Gasteiger partial charge on any atom is -0.0121 e. The second-order valence-corrected chi connectivity index (χ2v) is 0. The van der Waals surface area contributed by atoms with Crippen molar-refractivity contribution in [3.05, 3.63) is 0 Å². The summed E-state index contributed by atoms with van der Waals surface area (Å²) in [4.78, 5) is 1.97. The first-order valence-corrected chi connectivity index (χ1v) is 3.11. The molecule has 0 aromatic carbocycles. The first-order chi connectivity index (χ1) is 2.00. The summed E-state index contributed by atoms with van der Waals surface area (Å²) in [7, 11) is 1.50. The van der Waals surface area contributed by atoms with Crippen molar-refractivity contribution in [2.75, 3.05) is 12.0 Å². The number of halogens is 1. The van der Waals surface area contributed by atoms with E-state index in [0.29, 0.717) is 0 Å². The van der Waals surface area contributed by atoms with E-state index in [4.69, 9.17) is 0 Å². The molecule has 0 atom stereocenters. The van der Waals surface area contributed by atoms with Crippen LogP contribution in [0, 0.1) is 0 Å². The summed E-state index contributed by atoms with van der Waals surface area (Å²) in [5.74, 6) is 0. The highest BCUT2D eigenvalue weighted by Crippen LogP contribution is 1.48. The van der Waals surface area contributed by atoms with Gasteiger partial charge in [-0.15, -0.1) is 0 Å². The van der Waals surface area contributed by atoms with E-state index in [-0.39, 0.29) is 0 Å². The largest absolute Gasteiger partial charge is 0.333 e. The summed E-state index contributed by atoms with van der Waals surface area (Å²) < 4.78 is 0. The first-order valence-electron chi connectivity index (χ1n) is 0.955. The number of nitrogens with two attached hydrogens (primary N) is 1. The predicted molar refractivity (Wildman–Crippen MR) is 30.1 cm³/mol. The third kappa shape index (κ3) is 16.1. The van der Waals surface area contributed by atoms with E-state index in [1.165, 1.54) is 7.05 Å². The zero-order valence-electron chi connectivity index (χ0n) is 2.96. The molecule has 0 spiro atoms. The van der Waals surface area contributed by atoms with Crippen molar-refractivity contribution in [2.45, 2.75) is 0 Å². The minimum absolute atomic E-state index is 1.50. The van der Waals surface area contributed by atoms with Gasteiger partial charge >= 0.3 is 0 Å². The molecule has 4 heavy (non-hydrogen) atoms. The van der Waals surface area contributed by atoms with Crippen LogP contribution in [-0.2, 0) is 0 Å². The van der Waals surface area contributed by atoms with Crippen molar-refractivity contribution in [3.8, 4) is 0 Å². The summed E-state index contributed by atoms with van der Waals surface area (Å²) >= 11 is 2.15. The molecule has 0 aromatic heterocycles. The summed E-state index contributed by atoms with van der Waals surface area (Å²) in [6, 6.07) is 0. The molecule has 2 heteroatoms. The van der Waals surface area contributed by atoms with Crippen LogP contribution in [0.1, 0.15) is 0 Å². The first kappa shape index (κ1) is 8.83. The quantitative estimate of drug-likeness (QED) is 0.421. The molecule has 0 saturated heterocycles. The van der Waals surface area contributed by atoms with E-state index < -0.39 is 0 Å². The minimum Gasteiger partial charge on any atom is -0.333 e. The highest BCUT2D eigenvalue weighted by molar-refractivity contribution is 14.1. The summed E-state index contributed by atoms with van der Waals surface area (Å²) in [6.07, 6.45) is 0. The van der Waals surface area contributed by atoms with Gasteiger partial charge in [0.2, 0.25) is 0 Å². The molecular weight excluding hydrogens is 165 g/mol. The van der Waals surface area contributed by atoms with Crippen LogP contribution in [0.25, 0.3) is 0 Å². The average molecular weight is 173 g/mol. The van der Waals surface area contributed by atoms with Crippen LogP contribution in [-0.4, -0.2) is 12.0 Å². The summed E-state index contributed by atoms with van der Waals surface area (Å²) in [5.41, 5.74) is 4.50. The van der Waals surface area contributed by atoms with Crippen LogP contribution in [0.15, 0.2) is 0 Å². The number of hydrogen-bond donors (Lipinski definition) is 1. The average Bonchev–Trinajstić information content (AvgIpc) is 1.50. The molecule has 1 nitrogen and oxygen atoms in total. The van der Waals surface area contributed by atoms with Gasteiger partial charge in [-0.2, -0.15) is 0 Å². The van der Waals surface area contributed by atoms with Crippen molar-refractivity contribution in [2.24, 2.45) is 5.73 Å². The van der Waals surface area contributed by atoms with E-state index in [1.54, 1.807) is 0 Å². The van der Waals surface area contributed by atoms with Crippen molar-refractivity contribution in [3.63, 3.8) is 0 Å². The topological polar surface area (TPSA) is 26.0 Å². The standard InChI is InChI=1S/CH3I.CH5N/c2*1-2/h1H3;2H2,1H3. The van der Waals surface area contributed by atoms with E-state index >= 15 is 0 Å². The number of hydrogen-bond acceptors (Lipinski definition) is 1. The van der Waals surface area contributed by atoms with Crippen LogP contribution in [0.3, 0.4) is 0 Å². The van der Waals surface area contributed by atoms with Gasteiger partial charge in [-0.3, -0.25) is 0 Å². The molecule has 0 aliphatic rings. The molecule has 0 fully saturated rings. The fraction of sp³-hybridized carbons (Fsp3) is 1.00. The monoisotopic (exact) mass is 173 g/mol. The van der Waals surface area contributed by atoms with Crippen LogP contribution in [0.2, 0.25) is 0 Å². The molecule has 0 saturated carbocycles. The van der Waals surface area contributed by atoms with Crippen LogP contribution < -0.4 is 5.73 Å². The molecule has 0 aliphatic carbocycles. The zero-order valence-corrected chi connectivity index (χ0v) is 5.11. The molecule has 0 aliphatic heterocycles. The smallest absolute Gasteiger partial charge is 0.0121 e. The zero-order chi connectivity index (χ0) is 4.00. The maximum atomic E-state index is 4.50. The van der Waals surface area contributed by atoms with Gasteiger partial charge in [0.05, 0.1) is 0 Å². The van der Waals surface area contributed by atoms with Gasteiger partial charge in [0.25, 0.3) is 0 Å². The predicted octanol–water partition coefficient (Wildman–Crippen LogP) is 0.626. The maximum absolute atomic E-state index is 4.50. The fourth-order valence-electron chi connectivity index (χ4n) is 0. The molecule has 0 unspecified atom stereocenters. The highest BCUT2D eigenvalue weighted by atomic mass is 127. The van der Waals surface area contributed by atoms with Gasteiger partial charge < -0.3 is 5.73 Å². The molecule has 0 bridgehead atoms. The van der Waals surface area contributed by atoms with Crippen LogP contribution in [0.5, 0.6) is 0 Å². The van der Waals surface area contributed by atoms with Gasteiger partial charge in [-0.1, -0.05) is 22.6 Å². The molecule has 28 valence electrons. The van der Waals surface area contributed by atoms with Gasteiger partial charge in [0, 0.05) is 0 Å². The third-order valence-electron chi connectivity index (χ3n) is 0. The molecule has 0 rings (SSSR count). The molecule has 0 radical (unpaired) electrons. The van der Waals surface area contributed by atoms with Crippen molar-refractivity contribution in [1.82, 2.24) is 0 Å². The van der Waals surface area contributed by atoms with E-state index in [9.17, 15) is 0 Å². The molecular formula is C2H8IN. The Morgan fingerprint density at radius 2 is 1.25 bits per heavy atom. The van der Waals surface area contributed by atoms with Crippen LogP contribution in [0.4, 0.5) is 0 Å². The normalized spacial score (nSPS) is 3.00. The van der Waals surface area contributed by atoms with Gasteiger partial charge in [0.1, 0.15) is 0 Å². The van der Waals surface area contributed by atoms with E-state index in [1.807, 2.05) is 4.93 Å². The lowest BCUT2D eigenvalue weighted by Crippen LogP contribution is -1.69. The van der Waals surface area contributed by atoms with Crippen molar-refractivity contribution in [1.29, 1.82) is 0 Å². The van der Waals surface area contributed by atoms with Gasteiger partial charge in [-0.05, 0) is 12.0 Å². The van der Waals surface area contributed by atoms with Crippen LogP contribution >= 0.6 is 22.6 Å². The lowest BCUT2D eigenvalue weighted by atomic mass is 11.6. The lowest BCUT2D eigenvalue weighted by molar-refractivity contribution is 1.48. The Hall–Kier alpha value is 0.690. The Labute approximate surface area is 40.7 Å².